The number of hydrogen-bond acceptors (Lipinski definition) is 6. The zero-order chi connectivity index (χ0) is 20.2. The Kier molecular flexibility index (Phi) is 5.26. The van der Waals surface area contributed by atoms with E-state index >= 15 is 0 Å². The summed E-state index contributed by atoms with van der Waals surface area (Å²) < 4.78 is 5.58. The molecule has 0 unspecified atom stereocenters. The Hall–Kier alpha value is -3.65. The van der Waals surface area contributed by atoms with Crippen molar-refractivity contribution in [2.75, 3.05) is 0 Å². The molecule has 2 aromatic carbocycles. The van der Waals surface area contributed by atoms with Crippen LogP contribution in [0.1, 0.15) is 26.5 Å². The molecule has 0 saturated heterocycles. The normalized spacial score (nSPS) is 11.1. The molecule has 0 aliphatic heterocycles. The molecular weight excluding hydrogens is 384 g/mol. The number of carbonyl (C=O) groups is 1. The minimum atomic E-state index is -0.332. The molecule has 29 heavy (non-hydrogen) atoms. The first-order valence-electron chi connectivity index (χ1n) is 8.96. The average molecular weight is 402 g/mol. The molecule has 2 heterocycles. The first-order valence-corrected chi connectivity index (χ1v) is 9.73. The molecular formula is C21H18N6OS. The maximum absolute atomic E-state index is 12.2. The molecule has 0 spiro atoms. The molecule has 1 amide bonds. The number of nitrogens with zero attached hydrogens (tertiary/aromatic N) is 5. The lowest BCUT2D eigenvalue weighted by Gasteiger charge is -2.01. The summed E-state index contributed by atoms with van der Waals surface area (Å²) >= 11 is 1.04. The summed E-state index contributed by atoms with van der Waals surface area (Å²) in [7, 11) is 0. The van der Waals surface area contributed by atoms with Gasteiger partial charge in [-0.3, -0.25) is 4.79 Å². The second-order valence-electron chi connectivity index (χ2n) is 6.47. The fourth-order valence-corrected chi connectivity index (χ4v) is 3.41. The lowest BCUT2D eigenvalue weighted by Crippen LogP contribution is -2.17. The zero-order valence-corrected chi connectivity index (χ0v) is 16.7. The van der Waals surface area contributed by atoms with E-state index in [0.717, 1.165) is 39.6 Å². The number of hydrogen-bond donors (Lipinski definition) is 1. The predicted octanol–water partition coefficient (Wildman–Crippen LogP) is 3.77. The summed E-state index contributed by atoms with van der Waals surface area (Å²) in [5.74, 6) is -0.332. The quantitative estimate of drug-likeness (QED) is 0.407. The standard InChI is InChI=1S/C21H18N6OS/c1-14-7-6-8-16(11-14)19-17(13-27(25-19)18-9-4-3-5-10-18)12-22-24-21(28)20-15(2)23-26-29-20/h3-13H,1-2H3,(H,24,28)/b22-12+. The van der Waals surface area contributed by atoms with Crippen LogP contribution in [0.5, 0.6) is 0 Å². The highest BCUT2D eigenvalue weighted by molar-refractivity contribution is 7.07. The first-order chi connectivity index (χ1) is 14.1. The summed E-state index contributed by atoms with van der Waals surface area (Å²) in [6, 6.07) is 18.0. The highest BCUT2D eigenvalue weighted by Gasteiger charge is 2.13. The molecule has 0 saturated carbocycles. The Bertz CT molecular complexity index is 1180. The van der Waals surface area contributed by atoms with Crippen molar-refractivity contribution >= 4 is 23.7 Å². The summed E-state index contributed by atoms with van der Waals surface area (Å²) in [5, 5.41) is 12.7. The van der Waals surface area contributed by atoms with E-state index in [1.54, 1.807) is 17.8 Å². The zero-order valence-electron chi connectivity index (χ0n) is 15.9. The molecule has 0 fully saturated rings. The van der Waals surface area contributed by atoms with Crippen LogP contribution in [-0.4, -0.2) is 31.5 Å². The van der Waals surface area contributed by atoms with Gasteiger partial charge in [-0.15, -0.1) is 5.10 Å². The smallest absolute Gasteiger partial charge is 0.266 e. The lowest BCUT2D eigenvalue weighted by molar-refractivity contribution is 0.0958. The fraction of sp³-hybridized carbons (Fsp3) is 0.0952. The molecule has 4 aromatic rings. The van der Waals surface area contributed by atoms with Crippen LogP contribution >= 0.6 is 11.5 Å². The Morgan fingerprint density at radius 2 is 1.97 bits per heavy atom. The van der Waals surface area contributed by atoms with Crippen molar-refractivity contribution in [3.05, 3.63) is 82.5 Å². The minimum absolute atomic E-state index is 0.332. The molecule has 0 atom stereocenters. The van der Waals surface area contributed by atoms with E-state index in [2.05, 4.69) is 26.2 Å². The maximum Gasteiger partial charge on any atom is 0.285 e. The number of amides is 1. The molecule has 0 aliphatic rings. The largest absolute Gasteiger partial charge is 0.285 e. The van der Waals surface area contributed by atoms with Gasteiger partial charge in [0.2, 0.25) is 0 Å². The van der Waals surface area contributed by atoms with Gasteiger partial charge in [-0.05, 0) is 43.6 Å². The number of hydrazone groups is 1. The van der Waals surface area contributed by atoms with Gasteiger partial charge < -0.3 is 0 Å². The fourth-order valence-electron chi connectivity index (χ4n) is 2.86. The van der Waals surface area contributed by atoms with Crippen LogP contribution in [-0.2, 0) is 0 Å². The molecule has 7 nitrogen and oxygen atoms in total. The minimum Gasteiger partial charge on any atom is -0.266 e. The Labute approximate surface area is 171 Å². The van der Waals surface area contributed by atoms with E-state index in [1.165, 1.54) is 0 Å². The number of aryl methyl sites for hydroxylation is 2. The summed E-state index contributed by atoms with van der Waals surface area (Å²) in [4.78, 5) is 12.7. The highest BCUT2D eigenvalue weighted by atomic mass is 32.1. The van der Waals surface area contributed by atoms with Crippen LogP contribution in [0.15, 0.2) is 65.9 Å². The van der Waals surface area contributed by atoms with E-state index < -0.39 is 0 Å². The number of carbonyl (C=O) groups excluding carboxylic acids is 1. The number of benzene rings is 2. The molecule has 144 valence electrons. The molecule has 4 rings (SSSR count). The van der Waals surface area contributed by atoms with Gasteiger partial charge in [0.05, 0.1) is 17.6 Å². The maximum atomic E-state index is 12.2. The van der Waals surface area contributed by atoms with Gasteiger partial charge in [0, 0.05) is 17.3 Å². The van der Waals surface area contributed by atoms with E-state index in [4.69, 9.17) is 5.10 Å². The predicted molar refractivity (Wildman–Crippen MR) is 113 cm³/mol. The van der Waals surface area contributed by atoms with Crippen molar-refractivity contribution < 1.29 is 4.79 Å². The second kappa shape index (κ2) is 8.15. The molecule has 0 bridgehead atoms. The van der Waals surface area contributed by atoms with Gasteiger partial charge in [0.25, 0.3) is 5.91 Å². The number of rotatable bonds is 5. The van der Waals surface area contributed by atoms with Gasteiger partial charge in [-0.1, -0.05) is 46.4 Å². The summed E-state index contributed by atoms with van der Waals surface area (Å²) in [6.45, 7) is 3.78. The number of para-hydroxylation sites is 1. The van der Waals surface area contributed by atoms with Crippen molar-refractivity contribution in [3.63, 3.8) is 0 Å². The van der Waals surface area contributed by atoms with Crippen LogP contribution in [0.25, 0.3) is 16.9 Å². The van der Waals surface area contributed by atoms with Crippen LogP contribution in [0, 0.1) is 13.8 Å². The van der Waals surface area contributed by atoms with E-state index in [9.17, 15) is 4.79 Å². The van der Waals surface area contributed by atoms with Gasteiger partial charge >= 0.3 is 0 Å². The molecule has 0 radical (unpaired) electrons. The highest BCUT2D eigenvalue weighted by Crippen LogP contribution is 2.23. The summed E-state index contributed by atoms with van der Waals surface area (Å²) in [6.07, 6.45) is 3.49. The Balaban J connectivity index is 1.66. The van der Waals surface area contributed by atoms with Crippen molar-refractivity contribution in [2.45, 2.75) is 13.8 Å². The van der Waals surface area contributed by atoms with Crippen LogP contribution in [0.3, 0.4) is 0 Å². The molecule has 0 aliphatic carbocycles. The molecule has 2 aromatic heterocycles. The SMILES string of the molecule is Cc1cccc(-c2nn(-c3ccccc3)cc2/C=N/NC(=O)c2snnc2C)c1. The van der Waals surface area contributed by atoms with Crippen LogP contribution in [0.2, 0.25) is 0 Å². The van der Waals surface area contributed by atoms with E-state index in [1.807, 2.05) is 61.7 Å². The van der Waals surface area contributed by atoms with E-state index in [-0.39, 0.29) is 5.91 Å². The van der Waals surface area contributed by atoms with E-state index in [0.29, 0.717) is 10.6 Å². The number of aromatic nitrogens is 4. The Morgan fingerprint density at radius 3 is 2.69 bits per heavy atom. The van der Waals surface area contributed by atoms with Crippen molar-refractivity contribution in [1.29, 1.82) is 0 Å². The van der Waals surface area contributed by atoms with Gasteiger partial charge in [0.1, 0.15) is 10.6 Å². The Morgan fingerprint density at radius 1 is 1.14 bits per heavy atom. The topological polar surface area (TPSA) is 85.1 Å². The third kappa shape index (κ3) is 4.12. The van der Waals surface area contributed by atoms with Gasteiger partial charge in [0.15, 0.2) is 0 Å². The molecule has 1 N–H and O–H groups in total. The second-order valence-corrected chi connectivity index (χ2v) is 7.22. The van der Waals surface area contributed by atoms with Crippen LogP contribution in [0.4, 0.5) is 0 Å². The van der Waals surface area contributed by atoms with Crippen LogP contribution < -0.4 is 5.43 Å². The lowest BCUT2D eigenvalue weighted by atomic mass is 10.1. The van der Waals surface area contributed by atoms with Gasteiger partial charge in [-0.25, -0.2) is 10.1 Å². The first kappa shape index (κ1) is 18.7. The number of nitrogens with one attached hydrogen (secondary N) is 1. The van der Waals surface area contributed by atoms with Gasteiger partial charge in [-0.2, -0.15) is 10.2 Å². The van der Waals surface area contributed by atoms with Crippen molar-refractivity contribution in [3.8, 4) is 16.9 Å². The summed E-state index contributed by atoms with van der Waals surface area (Å²) in [5.41, 5.74) is 7.76. The average Bonchev–Trinajstić information content (AvgIpc) is 3.35. The van der Waals surface area contributed by atoms with Crippen molar-refractivity contribution in [2.24, 2.45) is 5.10 Å². The third-order valence-electron chi connectivity index (χ3n) is 4.28. The third-order valence-corrected chi connectivity index (χ3v) is 5.11. The molecule has 8 heteroatoms. The van der Waals surface area contributed by atoms with Crippen molar-refractivity contribution in [1.82, 2.24) is 24.8 Å². The monoisotopic (exact) mass is 402 g/mol.